The molecule has 4 amide bonds. The summed E-state index contributed by atoms with van der Waals surface area (Å²) in [6, 6.07) is 12.7. The number of carbonyl (C=O) groups excluding carboxylic acids is 3. The van der Waals surface area contributed by atoms with Crippen molar-refractivity contribution in [3.05, 3.63) is 72.3 Å². The second-order valence-corrected chi connectivity index (χ2v) is 6.03. The highest BCUT2D eigenvalue weighted by Gasteiger charge is 2.36. The van der Waals surface area contributed by atoms with Gasteiger partial charge in [0.25, 0.3) is 11.8 Å². The largest absolute Gasteiger partial charge is 0.490 e. The van der Waals surface area contributed by atoms with Crippen LogP contribution in [-0.4, -0.2) is 31.1 Å². The Balaban J connectivity index is 1.96. The van der Waals surface area contributed by atoms with Crippen LogP contribution in [0, 0.1) is 0 Å². The van der Waals surface area contributed by atoms with E-state index in [1.807, 2.05) is 6.92 Å². The van der Waals surface area contributed by atoms with Crippen molar-refractivity contribution in [2.45, 2.75) is 6.92 Å². The first-order valence-electron chi connectivity index (χ1n) is 9.02. The molecule has 1 fully saturated rings. The molecule has 29 heavy (non-hydrogen) atoms. The number of benzene rings is 2. The van der Waals surface area contributed by atoms with Gasteiger partial charge in [-0.05, 0) is 42.8 Å². The average molecular weight is 392 g/mol. The minimum Gasteiger partial charge on any atom is -0.490 e. The summed E-state index contributed by atoms with van der Waals surface area (Å²) in [5.74, 6) is -0.454. The van der Waals surface area contributed by atoms with E-state index in [0.717, 1.165) is 4.90 Å². The Morgan fingerprint density at radius 3 is 2.48 bits per heavy atom. The fourth-order valence-electron chi connectivity index (χ4n) is 2.79. The zero-order valence-corrected chi connectivity index (χ0v) is 15.9. The molecule has 7 nitrogen and oxygen atoms in total. The van der Waals surface area contributed by atoms with Crippen LogP contribution >= 0.6 is 0 Å². The van der Waals surface area contributed by atoms with Gasteiger partial charge < -0.3 is 9.47 Å². The predicted octanol–water partition coefficient (Wildman–Crippen LogP) is 3.32. The van der Waals surface area contributed by atoms with Crippen LogP contribution in [0.25, 0.3) is 6.08 Å². The van der Waals surface area contributed by atoms with Gasteiger partial charge in [0.1, 0.15) is 12.2 Å². The smallest absolute Gasteiger partial charge is 0.335 e. The molecule has 3 rings (SSSR count). The molecule has 1 saturated heterocycles. The van der Waals surface area contributed by atoms with Crippen LogP contribution in [0.2, 0.25) is 0 Å². The lowest BCUT2D eigenvalue weighted by molar-refractivity contribution is -0.122. The van der Waals surface area contributed by atoms with E-state index in [4.69, 9.17) is 9.47 Å². The van der Waals surface area contributed by atoms with Crippen LogP contribution in [0.5, 0.6) is 11.5 Å². The maximum Gasteiger partial charge on any atom is 0.335 e. The Bertz CT molecular complexity index is 982. The van der Waals surface area contributed by atoms with Crippen LogP contribution in [-0.2, 0) is 9.59 Å². The summed E-state index contributed by atoms with van der Waals surface area (Å²) in [5, 5.41) is 2.20. The number of amides is 4. The number of rotatable bonds is 7. The maximum atomic E-state index is 12.9. The van der Waals surface area contributed by atoms with Crippen LogP contribution in [0.15, 0.2) is 66.8 Å². The fraction of sp³-hybridized carbons (Fsp3) is 0.136. The highest BCUT2D eigenvalue weighted by atomic mass is 16.5. The fourth-order valence-corrected chi connectivity index (χ4v) is 2.79. The molecule has 1 heterocycles. The number of imide groups is 2. The van der Waals surface area contributed by atoms with Crippen LogP contribution in [0.1, 0.15) is 12.5 Å². The SMILES string of the molecule is C=CCOc1ccc(/C=C2\C(=O)NC(=O)N(c3ccccc3)C2=O)cc1OCC. The van der Waals surface area contributed by atoms with Crippen LogP contribution < -0.4 is 19.7 Å². The predicted molar refractivity (Wildman–Crippen MR) is 109 cm³/mol. The number of nitrogens with one attached hydrogen (secondary N) is 1. The monoisotopic (exact) mass is 392 g/mol. The first-order chi connectivity index (χ1) is 14.0. The molecular weight excluding hydrogens is 372 g/mol. The van der Waals surface area contributed by atoms with Crippen molar-refractivity contribution in [3.63, 3.8) is 0 Å². The third-order valence-electron chi connectivity index (χ3n) is 4.05. The summed E-state index contributed by atoms with van der Waals surface area (Å²) in [6.45, 7) is 6.18. The highest BCUT2D eigenvalue weighted by Crippen LogP contribution is 2.30. The lowest BCUT2D eigenvalue weighted by Gasteiger charge is -2.26. The van der Waals surface area contributed by atoms with Gasteiger partial charge in [0.2, 0.25) is 0 Å². The summed E-state index contributed by atoms with van der Waals surface area (Å²) in [6.07, 6.45) is 3.03. The van der Waals surface area contributed by atoms with Crippen LogP contribution in [0.3, 0.4) is 0 Å². The number of barbiturate groups is 1. The quantitative estimate of drug-likeness (QED) is 0.444. The normalized spacial score (nSPS) is 15.3. The third-order valence-corrected chi connectivity index (χ3v) is 4.05. The van der Waals surface area contributed by atoms with Gasteiger partial charge in [-0.15, -0.1) is 0 Å². The number of urea groups is 1. The molecule has 1 aliphatic rings. The lowest BCUT2D eigenvalue weighted by atomic mass is 10.1. The van der Waals surface area contributed by atoms with Gasteiger partial charge in [-0.2, -0.15) is 0 Å². The molecule has 2 aromatic rings. The Hall–Kier alpha value is -3.87. The van der Waals surface area contributed by atoms with Crippen molar-refractivity contribution in [1.29, 1.82) is 0 Å². The molecule has 0 spiro atoms. The van der Waals surface area contributed by atoms with Crippen molar-refractivity contribution in [2.75, 3.05) is 18.1 Å². The molecule has 0 unspecified atom stereocenters. The number of anilines is 1. The topological polar surface area (TPSA) is 84.9 Å². The summed E-state index contributed by atoms with van der Waals surface area (Å²) in [7, 11) is 0. The van der Waals surface area contributed by atoms with Crippen molar-refractivity contribution in [1.82, 2.24) is 5.32 Å². The number of nitrogens with zero attached hydrogens (tertiary/aromatic N) is 1. The molecule has 0 saturated carbocycles. The number of para-hydroxylation sites is 1. The number of carbonyl (C=O) groups is 3. The first-order valence-corrected chi connectivity index (χ1v) is 9.02. The second kappa shape index (κ2) is 8.88. The van der Waals surface area contributed by atoms with Gasteiger partial charge in [-0.1, -0.05) is 36.9 Å². The molecule has 0 aromatic heterocycles. The number of hydrogen-bond acceptors (Lipinski definition) is 5. The van der Waals surface area contributed by atoms with E-state index >= 15 is 0 Å². The molecule has 0 aliphatic carbocycles. The van der Waals surface area contributed by atoms with E-state index in [2.05, 4.69) is 11.9 Å². The minimum atomic E-state index is -0.786. The van der Waals surface area contributed by atoms with E-state index in [1.165, 1.54) is 6.08 Å². The van der Waals surface area contributed by atoms with Gasteiger partial charge in [0, 0.05) is 0 Å². The van der Waals surface area contributed by atoms with E-state index < -0.39 is 17.8 Å². The summed E-state index contributed by atoms with van der Waals surface area (Å²) < 4.78 is 11.1. The lowest BCUT2D eigenvalue weighted by Crippen LogP contribution is -2.54. The third kappa shape index (κ3) is 4.35. The molecule has 7 heteroatoms. The molecule has 0 radical (unpaired) electrons. The van der Waals surface area contributed by atoms with E-state index in [0.29, 0.717) is 36.0 Å². The second-order valence-electron chi connectivity index (χ2n) is 6.03. The Labute approximate surface area is 168 Å². The number of hydrogen-bond donors (Lipinski definition) is 1. The van der Waals surface area contributed by atoms with Gasteiger partial charge >= 0.3 is 6.03 Å². The molecular formula is C22H20N2O5. The maximum absolute atomic E-state index is 12.9. The molecule has 148 valence electrons. The summed E-state index contributed by atoms with van der Waals surface area (Å²) in [5.41, 5.74) is 0.771. The van der Waals surface area contributed by atoms with Crippen molar-refractivity contribution in [3.8, 4) is 11.5 Å². The van der Waals surface area contributed by atoms with Gasteiger partial charge in [-0.3, -0.25) is 14.9 Å². The Morgan fingerprint density at radius 1 is 1.03 bits per heavy atom. The molecule has 2 aromatic carbocycles. The minimum absolute atomic E-state index is 0.157. The van der Waals surface area contributed by atoms with Gasteiger partial charge in [0.05, 0.1) is 12.3 Å². The molecule has 1 N–H and O–H groups in total. The van der Waals surface area contributed by atoms with Crippen molar-refractivity contribution < 1.29 is 23.9 Å². The van der Waals surface area contributed by atoms with Crippen LogP contribution in [0.4, 0.5) is 10.5 Å². The number of ether oxygens (including phenoxy) is 2. The van der Waals surface area contributed by atoms with Gasteiger partial charge in [0.15, 0.2) is 11.5 Å². The highest BCUT2D eigenvalue weighted by molar-refractivity contribution is 6.39. The van der Waals surface area contributed by atoms with E-state index in [-0.39, 0.29) is 5.57 Å². The van der Waals surface area contributed by atoms with E-state index in [1.54, 1.807) is 54.6 Å². The van der Waals surface area contributed by atoms with E-state index in [9.17, 15) is 14.4 Å². The summed E-state index contributed by atoms with van der Waals surface area (Å²) >= 11 is 0. The Kier molecular flexibility index (Phi) is 6.09. The summed E-state index contributed by atoms with van der Waals surface area (Å²) in [4.78, 5) is 38.3. The Morgan fingerprint density at radius 2 is 1.79 bits per heavy atom. The first kappa shape index (κ1) is 19.9. The zero-order valence-electron chi connectivity index (χ0n) is 15.9. The molecule has 0 atom stereocenters. The standard InChI is InChI=1S/C22H20N2O5/c1-3-12-29-18-11-10-15(14-19(18)28-4-2)13-17-20(25)23-22(27)24(21(17)26)16-8-6-5-7-9-16/h3,5-11,13-14H,1,4,12H2,2H3,(H,23,25,27)/b17-13+. The van der Waals surface area contributed by atoms with Crippen molar-refractivity contribution in [2.24, 2.45) is 0 Å². The zero-order chi connectivity index (χ0) is 20.8. The average Bonchev–Trinajstić information content (AvgIpc) is 2.71. The van der Waals surface area contributed by atoms with Crippen molar-refractivity contribution >= 4 is 29.6 Å². The molecule has 0 bridgehead atoms. The van der Waals surface area contributed by atoms with Gasteiger partial charge in [-0.25, -0.2) is 9.69 Å². The molecule has 1 aliphatic heterocycles.